The zero-order valence-corrected chi connectivity index (χ0v) is 10.2. The molecule has 2 nitrogen and oxygen atoms in total. The molecular formula is C10H24N2S. The highest BCUT2D eigenvalue weighted by atomic mass is 32.2. The average Bonchev–Trinajstić information content (AvgIpc) is 2.13. The Morgan fingerprint density at radius 1 is 1.38 bits per heavy atom. The molecule has 0 aliphatic heterocycles. The van der Waals surface area contributed by atoms with Gasteiger partial charge >= 0.3 is 0 Å². The third kappa shape index (κ3) is 6.36. The molecule has 3 heteroatoms. The van der Waals surface area contributed by atoms with Gasteiger partial charge in [-0.25, -0.2) is 0 Å². The highest BCUT2D eigenvalue weighted by Crippen LogP contribution is 2.07. The number of nitrogens with zero attached hydrogens (tertiary/aromatic N) is 1. The van der Waals surface area contributed by atoms with E-state index in [-0.39, 0.29) is 0 Å². The zero-order chi connectivity index (χ0) is 10.3. The van der Waals surface area contributed by atoms with Crippen molar-refractivity contribution in [3.8, 4) is 0 Å². The van der Waals surface area contributed by atoms with Crippen LogP contribution < -0.4 is 5.73 Å². The van der Waals surface area contributed by atoms with E-state index < -0.39 is 0 Å². The second kappa shape index (κ2) is 7.65. The van der Waals surface area contributed by atoms with Crippen molar-refractivity contribution in [1.82, 2.24) is 4.90 Å². The van der Waals surface area contributed by atoms with E-state index in [1.54, 1.807) is 0 Å². The van der Waals surface area contributed by atoms with Crippen LogP contribution in [0.4, 0.5) is 0 Å². The standard InChI is InChI=1S/C10H24N2S/c1-9(7-11)8-12(3)10(2)5-6-13-4/h9-10H,5-8,11H2,1-4H3. The lowest BCUT2D eigenvalue weighted by Crippen LogP contribution is -2.35. The third-order valence-electron chi connectivity index (χ3n) is 2.49. The normalized spacial score (nSPS) is 16.2. The highest BCUT2D eigenvalue weighted by molar-refractivity contribution is 7.98. The largest absolute Gasteiger partial charge is 0.330 e. The van der Waals surface area contributed by atoms with Crippen molar-refractivity contribution in [2.45, 2.75) is 26.3 Å². The summed E-state index contributed by atoms with van der Waals surface area (Å²) in [6, 6.07) is 0.682. The lowest BCUT2D eigenvalue weighted by Gasteiger charge is -2.26. The van der Waals surface area contributed by atoms with Gasteiger partial charge in [-0.3, -0.25) is 0 Å². The Morgan fingerprint density at radius 3 is 2.46 bits per heavy atom. The molecule has 0 fully saturated rings. The summed E-state index contributed by atoms with van der Waals surface area (Å²) in [4.78, 5) is 2.41. The molecular weight excluding hydrogens is 180 g/mol. The summed E-state index contributed by atoms with van der Waals surface area (Å²) in [5, 5.41) is 0. The summed E-state index contributed by atoms with van der Waals surface area (Å²) in [5.74, 6) is 1.87. The zero-order valence-electron chi connectivity index (χ0n) is 9.42. The fourth-order valence-electron chi connectivity index (χ4n) is 1.25. The van der Waals surface area contributed by atoms with Gasteiger partial charge in [-0.1, -0.05) is 6.92 Å². The smallest absolute Gasteiger partial charge is 0.00718 e. The van der Waals surface area contributed by atoms with Crippen molar-refractivity contribution in [1.29, 1.82) is 0 Å². The number of rotatable bonds is 7. The molecule has 80 valence electrons. The number of nitrogens with two attached hydrogens (primary N) is 1. The summed E-state index contributed by atoms with van der Waals surface area (Å²) in [6.07, 6.45) is 3.43. The van der Waals surface area contributed by atoms with Crippen molar-refractivity contribution in [3.63, 3.8) is 0 Å². The maximum absolute atomic E-state index is 5.59. The SMILES string of the molecule is CSCCC(C)N(C)CC(C)CN. The van der Waals surface area contributed by atoms with Crippen molar-refractivity contribution in [3.05, 3.63) is 0 Å². The quantitative estimate of drug-likeness (QED) is 0.684. The molecule has 0 heterocycles. The van der Waals surface area contributed by atoms with Gasteiger partial charge in [0.15, 0.2) is 0 Å². The summed E-state index contributed by atoms with van der Waals surface area (Å²) in [7, 11) is 2.19. The predicted molar refractivity (Wildman–Crippen MR) is 63.3 cm³/mol. The van der Waals surface area contributed by atoms with E-state index in [2.05, 4.69) is 32.1 Å². The van der Waals surface area contributed by atoms with E-state index in [0.29, 0.717) is 12.0 Å². The van der Waals surface area contributed by atoms with E-state index in [1.807, 2.05) is 11.8 Å². The van der Waals surface area contributed by atoms with Crippen molar-refractivity contribution >= 4 is 11.8 Å². The molecule has 0 radical (unpaired) electrons. The predicted octanol–water partition coefficient (Wildman–Crippen LogP) is 1.65. The van der Waals surface area contributed by atoms with E-state index in [0.717, 1.165) is 13.1 Å². The Kier molecular flexibility index (Phi) is 7.81. The van der Waals surface area contributed by atoms with Crippen molar-refractivity contribution in [2.24, 2.45) is 11.7 Å². The number of hydrogen-bond acceptors (Lipinski definition) is 3. The van der Waals surface area contributed by atoms with Gasteiger partial charge in [-0.2, -0.15) is 11.8 Å². The van der Waals surface area contributed by atoms with Gasteiger partial charge in [0.1, 0.15) is 0 Å². The van der Waals surface area contributed by atoms with Crippen LogP contribution in [0.1, 0.15) is 20.3 Å². The minimum absolute atomic E-state index is 0.613. The first kappa shape index (κ1) is 13.3. The molecule has 0 saturated heterocycles. The third-order valence-corrected chi connectivity index (χ3v) is 3.14. The summed E-state index contributed by atoms with van der Waals surface area (Å²) in [6.45, 7) is 6.41. The Balaban J connectivity index is 3.61. The first-order valence-corrected chi connectivity index (χ1v) is 6.40. The average molecular weight is 204 g/mol. The van der Waals surface area contributed by atoms with Crippen molar-refractivity contribution < 1.29 is 0 Å². The first-order chi connectivity index (χ1) is 6.11. The Labute approximate surface area is 87.2 Å². The highest BCUT2D eigenvalue weighted by Gasteiger charge is 2.10. The van der Waals surface area contributed by atoms with Crippen LogP contribution in [-0.4, -0.2) is 43.1 Å². The van der Waals surface area contributed by atoms with Gasteiger partial charge in [0.05, 0.1) is 0 Å². The van der Waals surface area contributed by atoms with Gasteiger partial charge in [0.2, 0.25) is 0 Å². The summed E-state index contributed by atoms with van der Waals surface area (Å²) >= 11 is 1.92. The first-order valence-electron chi connectivity index (χ1n) is 5.01. The molecule has 0 rings (SSSR count). The van der Waals surface area contributed by atoms with Crippen LogP contribution in [0.25, 0.3) is 0 Å². The maximum atomic E-state index is 5.59. The number of thioether (sulfide) groups is 1. The van der Waals surface area contributed by atoms with E-state index in [4.69, 9.17) is 5.73 Å². The van der Waals surface area contributed by atoms with Gasteiger partial charge in [-0.05, 0) is 44.9 Å². The molecule has 0 saturated carbocycles. The fraction of sp³-hybridized carbons (Fsp3) is 1.00. The summed E-state index contributed by atoms with van der Waals surface area (Å²) in [5.41, 5.74) is 5.59. The van der Waals surface area contributed by atoms with E-state index in [9.17, 15) is 0 Å². The summed E-state index contributed by atoms with van der Waals surface area (Å²) < 4.78 is 0. The fourth-order valence-corrected chi connectivity index (χ4v) is 1.83. The molecule has 13 heavy (non-hydrogen) atoms. The monoisotopic (exact) mass is 204 g/mol. The van der Waals surface area contributed by atoms with Crippen LogP contribution in [0.5, 0.6) is 0 Å². The topological polar surface area (TPSA) is 29.3 Å². The molecule has 2 unspecified atom stereocenters. The molecule has 0 aromatic rings. The van der Waals surface area contributed by atoms with Crippen LogP contribution in [0.15, 0.2) is 0 Å². The molecule has 2 atom stereocenters. The molecule has 0 aliphatic rings. The van der Waals surface area contributed by atoms with Crippen LogP contribution in [0, 0.1) is 5.92 Å². The van der Waals surface area contributed by atoms with Crippen molar-refractivity contribution in [2.75, 3.05) is 32.1 Å². The lowest BCUT2D eigenvalue weighted by molar-refractivity contribution is 0.223. The molecule has 2 N–H and O–H groups in total. The van der Waals surface area contributed by atoms with Gasteiger partial charge in [0.25, 0.3) is 0 Å². The minimum Gasteiger partial charge on any atom is -0.330 e. The van der Waals surface area contributed by atoms with Crippen LogP contribution >= 0.6 is 11.8 Å². The minimum atomic E-state index is 0.613. The maximum Gasteiger partial charge on any atom is 0.00718 e. The van der Waals surface area contributed by atoms with Gasteiger partial charge in [-0.15, -0.1) is 0 Å². The van der Waals surface area contributed by atoms with E-state index >= 15 is 0 Å². The lowest BCUT2D eigenvalue weighted by atomic mass is 10.1. The Bertz CT molecular complexity index is 119. The van der Waals surface area contributed by atoms with Crippen LogP contribution in [0.2, 0.25) is 0 Å². The van der Waals surface area contributed by atoms with Gasteiger partial charge < -0.3 is 10.6 Å². The molecule has 0 bridgehead atoms. The van der Waals surface area contributed by atoms with Gasteiger partial charge in [0, 0.05) is 12.6 Å². The Morgan fingerprint density at radius 2 is 2.00 bits per heavy atom. The van der Waals surface area contributed by atoms with Crippen LogP contribution in [-0.2, 0) is 0 Å². The molecule has 0 aliphatic carbocycles. The van der Waals surface area contributed by atoms with Crippen LogP contribution in [0.3, 0.4) is 0 Å². The number of hydrogen-bond donors (Lipinski definition) is 1. The second-order valence-corrected chi connectivity index (χ2v) is 4.90. The molecule has 0 aromatic carbocycles. The molecule has 0 spiro atoms. The Hall–Kier alpha value is 0.270. The molecule has 0 amide bonds. The molecule has 0 aromatic heterocycles. The van der Waals surface area contributed by atoms with E-state index in [1.165, 1.54) is 12.2 Å². The second-order valence-electron chi connectivity index (χ2n) is 3.91.